The molecule has 2 aliphatic rings. The summed E-state index contributed by atoms with van der Waals surface area (Å²) < 4.78 is 5.28. The fourth-order valence-corrected chi connectivity index (χ4v) is 2.83. The molecule has 1 fully saturated rings. The van der Waals surface area contributed by atoms with Crippen LogP contribution in [-0.2, 0) is 4.74 Å². The van der Waals surface area contributed by atoms with Gasteiger partial charge in [-0.25, -0.2) is 4.79 Å². The molecule has 1 aromatic rings. The zero-order chi connectivity index (χ0) is 14.1. The molecule has 1 unspecified atom stereocenters. The van der Waals surface area contributed by atoms with E-state index in [4.69, 9.17) is 4.74 Å². The number of para-hydroxylation sites is 1. The van der Waals surface area contributed by atoms with Crippen molar-refractivity contribution < 1.29 is 14.3 Å². The normalized spacial score (nSPS) is 22.6. The van der Waals surface area contributed by atoms with Crippen LogP contribution in [0.5, 0.6) is 0 Å². The monoisotopic (exact) mass is 274 g/mol. The van der Waals surface area contributed by atoms with E-state index in [-0.39, 0.29) is 17.9 Å². The van der Waals surface area contributed by atoms with Crippen LogP contribution in [0.2, 0.25) is 0 Å². The number of carbonyl (C=O) groups excluding carboxylic acids is 2. The Kier molecular flexibility index (Phi) is 3.44. The van der Waals surface area contributed by atoms with E-state index < -0.39 is 0 Å². The molecule has 0 radical (unpaired) electrons. The second-order valence-electron chi connectivity index (χ2n) is 5.25. The molecule has 106 valence electrons. The van der Waals surface area contributed by atoms with Crippen molar-refractivity contribution in [1.82, 2.24) is 4.90 Å². The minimum Gasteiger partial charge on any atom is -0.378 e. The molecule has 1 aromatic carbocycles. The Hall–Kier alpha value is -1.88. The third-order valence-corrected chi connectivity index (χ3v) is 3.87. The van der Waals surface area contributed by atoms with Crippen molar-refractivity contribution in [2.45, 2.75) is 19.4 Å². The lowest BCUT2D eigenvalue weighted by atomic mass is 9.95. The van der Waals surface area contributed by atoms with Crippen LogP contribution >= 0.6 is 0 Å². The molecule has 20 heavy (non-hydrogen) atoms. The molecule has 1 atom stereocenters. The number of Topliss-reactive ketones (excluding diaryl/α,β-unsaturated/α-hetero) is 1. The fourth-order valence-electron chi connectivity index (χ4n) is 2.83. The van der Waals surface area contributed by atoms with Crippen molar-refractivity contribution in [2.24, 2.45) is 0 Å². The van der Waals surface area contributed by atoms with Crippen LogP contribution in [0.3, 0.4) is 0 Å². The Morgan fingerprint density at radius 1 is 1.25 bits per heavy atom. The minimum absolute atomic E-state index is 0.0271. The summed E-state index contributed by atoms with van der Waals surface area (Å²) in [7, 11) is 0. The van der Waals surface area contributed by atoms with Crippen molar-refractivity contribution in [3.05, 3.63) is 29.8 Å². The number of carbonyl (C=O) groups is 2. The first-order valence-corrected chi connectivity index (χ1v) is 6.96. The Bertz CT molecular complexity index is 538. The number of hydrogen-bond donors (Lipinski definition) is 0. The van der Waals surface area contributed by atoms with Crippen molar-refractivity contribution in [3.63, 3.8) is 0 Å². The summed E-state index contributed by atoms with van der Waals surface area (Å²) in [4.78, 5) is 28.3. The third kappa shape index (κ3) is 2.18. The lowest BCUT2D eigenvalue weighted by Gasteiger charge is -2.39. The molecule has 0 saturated carbocycles. The van der Waals surface area contributed by atoms with E-state index in [1.807, 2.05) is 25.1 Å². The van der Waals surface area contributed by atoms with Gasteiger partial charge in [0.25, 0.3) is 0 Å². The van der Waals surface area contributed by atoms with Gasteiger partial charge in [-0.3, -0.25) is 9.69 Å². The molecule has 2 heterocycles. The average molecular weight is 274 g/mol. The second kappa shape index (κ2) is 5.25. The van der Waals surface area contributed by atoms with Crippen molar-refractivity contribution in [1.29, 1.82) is 0 Å². The summed E-state index contributed by atoms with van der Waals surface area (Å²) >= 11 is 0. The van der Waals surface area contributed by atoms with Crippen LogP contribution in [0.4, 0.5) is 10.5 Å². The predicted molar refractivity (Wildman–Crippen MR) is 75.1 cm³/mol. The molecule has 5 nitrogen and oxygen atoms in total. The number of fused-ring (bicyclic) bond motifs is 1. The number of amides is 2. The number of rotatable bonds is 0. The van der Waals surface area contributed by atoms with E-state index >= 15 is 0 Å². The first-order valence-electron chi connectivity index (χ1n) is 6.96. The summed E-state index contributed by atoms with van der Waals surface area (Å²) in [5, 5.41) is 0. The van der Waals surface area contributed by atoms with Crippen LogP contribution in [0.15, 0.2) is 24.3 Å². The Morgan fingerprint density at radius 3 is 2.70 bits per heavy atom. The van der Waals surface area contributed by atoms with Gasteiger partial charge in [-0.1, -0.05) is 12.1 Å². The van der Waals surface area contributed by atoms with Crippen LogP contribution in [-0.4, -0.2) is 49.1 Å². The molecule has 1 saturated heterocycles. The molecule has 0 spiro atoms. The summed E-state index contributed by atoms with van der Waals surface area (Å²) in [6, 6.07) is 7.21. The maximum atomic E-state index is 12.7. The number of hydrogen-bond acceptors (Lipinski definition) is 3. The smallest absolute Gasteiger partial charge is 0.324 e. The number of nitrogens with zero attached hydrogens (tertiary/aromatic N) is 2. The van der Waals surface area contributed by atoms with Gasteiger partial charge in [0.2, 0.25) is 0 Å². The lowest BCUT2D eigenvalue weighted by molar-refractivity contribution is 0.0543. The van der Waals surface area contributed by atoms with Gasteiger partial charge in [-0.15, -0.1) is 0 Å². The number of benzene rings is 1. The summed E-state index contributed by atoms with van der Waals surface area (Å²) in [5.74, 6) is 0.110. The molecular formula is C15H18N2O3. The number of urea groups is 1. The van der Waals surface area contributed by atoms with Gasteiger partial charge in [0, 0.05) is 31.1 Å². The highest BCUT2D eigenvalue weighted by Gasteiger charge is 2.35. The van der Waals surface area contributed by atoms with Crippen LogP contribution < -0.4 is 4.90 Å². The van der Waals surface area contributed by atoms with E-state index in [2.05, 4.69) is 0 Å². The number of morpholine rings is 1. The Morgan fingerprint density at radius 2 is 1.95 bits per heavy atom. The van der Waals surface area contributed by atoms with E-state index in [9.17, 15) is 9.59 Å². The van der Waals surface area contributed by atoms with Gasteiger partial charge < -0.3 is 9.64 Å². The first kappa shape index (κ1) is 13.1. The van der Waals surface area contributed by atoms with Crippen molar-refractivity contribution >= 4 is 17.5 Å². The number of ether oxygens (including phenoxy) is 1. The van der Waals surface area contributed by atoms with E-state index in [1.54, 1.807) is 15.9 Å². The van der Waals surface area contributed by atoms with Gasteiger partial charge in [0.05, 0.1) is 18.9 Å². The average Bonchev–Trinajstić information content (AvgIpc) is 2.48. The summed E-state index contributed by atoms with van der Waals surface area (Å²) in [6.45, 7) is 4.30. The van der Waals surface area contributed by atoms with Gasteiger partial charge in [0.1, 0.15) is 0 Å². The highest BCUT2D eigenvalue weighted by atomic mass is 16.5. The molecule has 2 aliphatic heterocycles. The van der Waals surface area contributed by atoms with Crippen LogP contribution in [0.1, 0.15) is 23.7 Å². The largest absolute Gasteiger partial charge is 0.378 e. The predicted octanol–water partition coefficient (Wildman–Crippen LogP) is 1.92. The van der Waals surface area contributed by atoms with Crippen LogP contribution in [0.25, 0.3) is 0 Å². The molecule has 3 rings (SSSR count). The highest BCUT2D eigenvalue weighted by molar-refractivity contribution is 6.09. The zero-order valence-electron chi connectivity index (χ0n) is 11.5. The topological polar surface area (TPSA) is 49.9 Å². The maximum Gasteiger partial charge on any atom is 0.324 e. The van der Waals surface area contributed by atoms with Crippen LogP contribution in [0, 0.1) is 0 Å². The molecular weight excluding hydrogens is 256 g/mol. The summed E-state index contributed by atoms with van der Waals surface area (Å²) in [5.41, 5.74) is 1.37. The Balaban J connectivity index is 1.93. The zero-order valence-corrected chi connectivity index (χ0v) is 11.5. The highest BCUT2D eigenvalue weighted by Crippen LogP contribution is 2.31. The SMILES string of the molecule is CC1CC(=O)c2ccccc2N1C(=O)N1CCOCC1. The van der Waals surface area contributed by atoms with Gasteiger partial charge in [-0.2, -0.15) is 0 Å². The minimum atomic E-state index is -0.104. The Labute approximate surface area is 118 Å². The summed E-state index contributed by atoms with van der Waals surface area (Å²) in [6.07, 6.45) is 0.382. The molecule has 0 aliphatic carbocycles. The van der Waals surface area contributed by atoms with Gasteiger partial charge in [0.15, 0.2) is 5.78 Å². The van der Waals surface area contributed by atoms with E-state index in [0.29, 0.717) is 38.3 Å². The molecule has 0 N–H and O–H groups in total. The fraction of sp³-hybridized carbons (Fsp3) is 0.467. The molecule has 0 aromatic heterocycles. The number of anilines is 1. The van der Waals surface area contributed by atoms with Gasteiger partial charge >= 0.3 is 6.03 Å². The van der Waals surface area contributed by atoms with E-state index in [1.165, 1.54) is 0 Å². The maximum absolute atomic E-state index is 12.7. The first-order chi connectivity index (χ1) is 9.68. The molecule has 5 heteroatoms. The third-order valence-electron chi connectivity index (χ3n) is 3.87. The van der Waals surface area contributed by atoms with Crippen molar-refractivity contribution in [3.8, 4) is 0 Å². The quantitative estimate of drug-likeness (QED) is 0.726. The molecule has 2 amide bonds. The standard InChI is InChI=1S/C15H18N2O3/c1-11-10-14(18)12-4-2-3-5-13(12)17(11)15(19)16-6-8-20-9-7-16/h2-5,11H,6-10H2,1H3. The van der Waals surface area contributed by atoms with Crippen molar-refractivity contribution in [2.75, 3.05) is 31.2 Å². The second-order valence-corrected chi connectivity index (χ2v) is 5.25. The lowest BCUT2D eigenvalue weighted by Crippen LogP contribution is -2.53. The molecule has 0 bridgehead atoms. The number of ketones is 1. The van der Waals surface area contributed by atoms with Gasteiger partial charge in [-0.05, 0) is 19.1 Å². The van der Waals surface area contributed by atoms with E-state index in [0.717, 1.165) is 5.69 Å².